The topological polar surface area (TPSA) is 9.23 Å². The van der Waals surface area contributed by atoms with Crippen LogP contribution in [-0.2, 0) is 4.43 Å². The van der Waals surface area contributed by atoms with Crippen LogP contribution in [0.2, 0.25) is 16.6 Å². The largest absolute Gasteiger partial charge is 0.419 e. The molecular weight excluding hydrogens is 212 g/mol. The van der Waals surface area contributed by atoms with E-state index in [1.807, 2.05) is 7.11 Å². The van der Waals surface area contributed by atoms with E-state index < -0.39 is 8.32 Å². The minimum absolute atomic E-state index is 0.746. The molecule has 0 amide bonds. The van der Waals surface area contributed by atoms with E-state index in [0.29, 0.717) is 0 Å². The van der Waals surface area contributed by atoms with Crippen molar-refractivity contribution in [2.75, 3.05) is 7.11 Å². The highest BCUT2D eigenvalue weighted by Gasteiger charge is 2.48. The third-order valence-corrected chi connectivity index (χ3v) is 11.0. The van der Waals surface area contributed by atoms with E-state index in [0.717, 1.165) is 22.5 Å². The molecule has 0 saturated heterocycles. The smallest absolute Gasteiger partial charge is 0.200 e. The normalized spacial score (nSPS) is 27.8. The fourth-order valence-electron chi connectivity index (χ4n) is 3.96. The van der Waals surface area contributed by atoms with Gasteiger partial charge in [0.15, 0.2) is 8.32 Å². The molecule has 2 heteroatoms. The second-order valence-electron chi connectivity index (χ2n) is 6.32. The molecule has 0 spiro atoms. The van der Waals surface area contributed by atoms with Gasteiger partial charge < -0.3 is 4.43 Å². The van der Waals surface area contributed by atoms with Crippen molar-refractivity contribution in [2.24, 2.45) is 5.92 Å². The average molecular weight is 242 g/mol. The van der Waals surface area contributed by atoms with Crippen LogP contribution in [0.1, 0.15) is 60.3 Å². The first-order chi connectivity index (χ1) is 7.45. The van der Waals surface area contributed by atoms with E-state index in [2.05, 4.69) is 34.6 Å². The molecule has 0 aliphatic heterocycles. The summed E-state index contributed by atoms with van der Waals surface area (Å²) in [4.78, 5) is 0. The summed E-state index contributed by atoms with van der Waals surface area (Å²) >= 11 is 0. The van der Waals surface area contributed by atoms with Gasteiger partial charge in [0, 0.05) is 7.11 Å². The zero-order valence-electron chi connectivity index (χ0n) is 12.0. The standard InChI is InChI=1S/C14H30OSi/c1-11(2)16(15-6,12(3)4)14-9-7-13(5)8-10-14/h11-14H,7-10H2,1-6H3. The molecule has 0 unspecified atom stereocenters. The van der Waals surface area contributed by atoms with Crippen LogP contribution >= 0.6 is 0 Å². The van der Waals surface area contributed by atoms with E-state index in [1.165, 1.54) is 25.7 Å². The maximum atomic E-state index is 6.17. The first-order valence-electron chi connectivity index (χ1n) is 7.00. The molecule has 1 nitrogen and oxygen atoms in total. The first-order valence-corrected chi connectivity index (χ1v) is 9.14. The Bertz CT molecular complexity index is 197. The van der Waals surface area contributed by atoms with Gasteiger partial charge in [0.2, 0.25) is 0 Å². The van der Waals surface area contributed by atoms with Crippen LogP contribution in [0.15, 0.2) is 0 Å². The van der Waals surface area contributed by atoms with Crippen LogP contribution in [0.5, 0.6) is 0 Å². The van der Waals surface area contributed by atoms with Crippen molar-refractivity contribution in [3.05, 3.63) is 0 Å². The minimum atomic E-state index is -1.55. The zero-order chi connectivity index (χ0) is 12.3. The van der Waals surface area contributed by atoms with Gasteiger partial charge >= 0.3 is 0 Å². The molecule has 1 aliphatic rings. The lowest BCUT2D eigenvalue weighted by molar-refractivity contribution is 0.307. The second kappa shape index (κ2) is 5.68. The summed E-state index contributed by atoms with van der Waals surface area (Å²) in [5.41, 5.74) is 2.39. The van der Waals surface area contributed by atoms with Crippen molar-refractivity contribution >= 4 is 8.32 Å². The second-order valence-corrected chi connectivity index (χ2v) is 11.6. The summed E-state index contributed by atoms with van der Waals surface area (Å²) in [7, 11) is 0.423. The van der Waals surface area contributed by atoms with Gasteiger partial charge in [0.05, 0.1) is 0 Å². The lowest BCUT2D eigenvalue weighted by Crippen LogP contribution is -2.49. The Morgan fingerprint density at radius 1 is 0.938 bits per heavy atom. The molecule has 0 aromatic carbocycles. The molecule has 0 atom stereocenters. The van der Waals surface area contributed by atoms with Crippen molar-refractivity contribution < 1.29 is 4.43 Å². The van der Waals surface area contributed by atoms with Crippen LogP contribution in [0.3, 0.4) is 0 Å². The van der Waals surface area contributed by atoms with E-state index in [-0.39, 0.29) is 0 Å². The summed E-state index contributed by atoms with van der Waals surface area (Å²) in [6, 6.07) is 0. The predicted octanol–water partition coefficient (Wildman–Crippen LogP) is 4.98. The molecule has 1 saturated carbocycles. The molecule has 1 fully saturated rings. The molecule has 0 heterocycles. The summed E-state index contributed by atoms with van der Waals surface area (Å²) in [6.07, 6.45) is 5.67. The maximum Gasteiger partial charge on any atom is 0.200 e. The lowest BCUT2D eigenvalue weighted by atomic mass is 9.90. The van der Waals surface area contributed by atoms with Crippen LogP contribution < -0.4 is 0 Å². The average Bonchev–Trinajstić information content (AvgIpc) is 2.21. The molecule has 16 heavy (non-hydrogen) atoms. The van der Waals surface area contributed by atoms with Gasteiger partial charge in [-0.2, -0.15) is 0 Å². The monoisotopic (exact) mass is 242 g/mol. The van der Waals surface area contributed by atoms with E-state index in [9.17, 15) is 0 Å². The van der Waals surface area contributed by atoms with Crippen molar-refractivity contribution in [1.82, 2.24) is 0 Å². The third-order valence-electron chi connectivity index (χ3n) is 4.81. The molecular formula is C14H30OSi. The number of rotatable bonds is 4. The highest BCUT2D eigenvalue weighted by atomic mass is 28.4. The Morgan fingerprint density at radius 3 is 1.69 bits per heavy atom. The first kappa shape index (κ1) is 14.2. The van der Waals surface area contributed by atoms with Gasteiger partial charge in [-0.25, -0.2) is 0 Å². The highest BCUT2D eigenvalue weighted by Crippen LogP contribution is 2.49. The van der Waals surface area contributed by atoms with Gasteiger partial charge in [0.25, 0.3) is 0 Å². The molecule has 1 rings (SSSR count). The van der Waals surface area contributed by atoms with Crippen LogP contribution in [0, 0.1) is 5.92 Å². The fraction of sp³-hybridized carbons (Fsp3) is 1.00. The van der Waals surface area contributed by atoms with Gasteiger partial charge in [0.1, 0.15) is 0 Å². The number of hydrogen-bond acceptors (Lipinski definition) is 1. The van der Waals surface area contributed by atoms with Crippen LogP contribution in [0.25, 0.3) is 0 Å². The van der Waals surface area contributed by atoms with E-state index >= 15 is 0 Å². The Kier molecular flexibility index (Phi) is 5.05. The quantitative estimate of drug-likeness (QED) is 0.632. The summed E-state index contributed by atoms with van der Waals surface area (Å²) in [6.45, 7) is 11.9. The summed E-state index contributed by atoms with van der Waals surface area (Å²) < 4.78 is 6.17. The van der Waals surface area contributed by atoms with Crippen LogP contribution in [0.4, 0.5) is 0 Å². The van der Waals surface area contributed by atoms with Crippen LogP contribution in [-0.4, -0.2) is 15.4 Å². The van der Waals surface area contributed by atoms with Crippen molar-refractivity contribution in [3.8, 4) is 0 Å². The molecule has 0 radical (unpaired) electrons. The van der Waals surface area contributed by atoms with Crippen molar-refractivity contribution in [1.29, 1.82) is 0 Å². The molecule has 1 aliphatic carbocycles. The number of hydrogen-bond donors (Lipinski definition) is 0. The Balaban J connectivity index is 2.84. The van der Waals surface area contributed by atoms with Gasteiger partial charge in [-0.3, -0.25) is 0 Å². The SMILES string of the molecule is CO[Si](C(C)C)(C(C)C)C1CCC(C)CC1. The molecule has 0 N–H and O–H groups in total. The Morgan fingerprint density at radius 2 is 1.38 bits per heavy atom. The predicted molar refractivity (Wildman–Crippen MR) is 74.3 cm³/mol. The summed E-state index contributed by atoms with van der Waals surface area (Å²) in [5, 5.41) is 0. The van der Waals surface area contributed by atoms with E-state index in [1.54, 1.807) is 0 Å². The molecule has 0 aromatic heterocycles. The highest BCUT2D eigenvalue weighted by molar-refractivity contribution is 6.77. The molecule has 0 bridgehead atoms. The Labute approximate surface area is 103 Å². The summed E-state index contributed by atoms with van der Waals surface area (Å²) in [5.74, 6) is 0.944. The van der Waals surface area contributed by atoms with E-state index in [4.69, 9.17) is 4.43 Å². The fourth-order valence-corrected chi connectivity index (χ4v) is 9.69. The van der Waals surface area contributed by atoms with Gasteiger partial charge in [-0.15, -0.1) is 0 Å². The third kappa shape index (κ3) is 2.53. The minimum Gasteiger partial charge on any atom is -0.419 e. The Hall–Kier alpha value is 0.177. The van der Waals surface area contributed by atoms with Crippen molar-refractivity contribution in [2.45, 2.75) is 76.9 Å². The van der Waals surface area contributed by atoms with Crippen molar-refractivity contribution in [3.63, 3.8) is 0 Å². The molecule has 96 valence electrons. The van der Waals surface area contributed by atoms with Gasteiger partial charge in [-0.1, -0.05) is 60.3 Å². The lowest BCUT2D eigenvalue weighted by Gasteiger charge is -2.46. The zero-order valence-corrected chi connectivity index (χ0v) is 13.0. The molecule has 0 aromatic rings. The maximum absolute atomic E-state index is 6.17. The van der Waals surface area contributed by atoms with Gasteiger partial charge in [-0.05, 0) is 22.5 Å².